The predicted molar refractivity (Wildman–Crippen MR) is 118 cm³/mol. The molecule has 0 spiro atoms. The highest BCUT2D eigenvalue weighted by atomic mass is 16.6. The molecule has 0 fully saturated rings. The molecule has 0 unspecified atom stereocenters. The maximum Gasteiger partial charge on any atom is 0.311 e. The van der Waals surface area contributed by atoms with E-state index < -0.39 is 55.7 Å². The number of carbonyl (C=O) groups is 4. The van der Waals surface area contributed by atoms with Crippen molar-refractivity contribution in [3.8, 4) is 0 Å². The lowest BCUT2D eigenvalue weighted by molar-refractivity contribution is -0.169. The molecular formula is C21H32N4O8. The van der Waals surface area contributed by atoms with Crippen LogP contribution in [0.3, 0.4) is 0 Å². The topological polar surface area (TPSA) is 201 Å². The van der Waals surface area contributed by atoms with E-state index in [1.165, 1.54) is 27.7 Å². The Kier molecular flexibility index (Phi) is 13.1. The molecule has 33 heavy (non-hydrogen) atoms. The summed E-state index contributed by atoms with van der Waals surface area (Å²) < 4.78 is 20.7. The molecule has 184 valence electrons. The minimum Gasteiger partial charge on any atom is -0.464 e. The Morgan fingerprint density at radius 3 is 0.818 bits per heavy atom. The molecule has 0 aliphatic heterocycles. The zero-order valence-electron chi connectivity index (χ0n) is 19.4. The summed E-state index contributed by atoms with van der Waals surface area (Å²) in [4.78, 5) is 47.9. The summed E-state index contributed by atoms with van der Waals surface area (Å²) in [6.45, 7) is 3.79. The number of ether oxygens (including phenoxy) is 4. The Hall–Kier alpha value is -3.44. The van der Waals surface area contributed by atoms with Crippen molar-refractivity contribution < 1.29 is 38.1 Å². The first kappa shape index (κ1) is 29.6. The van der Waals surface area contributed by atoms with Gasteiger partial charge in [-0.25, -0.2) is 0 Å². The average molecular weight is 469 g/mol. The van der Waals surface area contributed by atoms with Gasteiger partial charge < -0.3 is 40.6 Å². The second-order valence-corrected chi connectivity index (χ2v) is 7.97. The van der Waals surface area contributed by atoms with Crippen LogP contribution in [0.1, 0.15) is 53.4 Å². The van der Waals surface area contributed by atoms with Crippen LogP contribution in [0.25, 0.3) is 0 Å². The fourth-order valence-electron chi connectivity index (χ4n) is 2.25. The number of rotatable bonds is 16. The van der Waals surface area contributed by atoms with Gasteiger partial charge in [-0.1, -0.05) is 0 Å². The summed E-state index contributed by atoms with van der Waals surface area (Å²) in [5.41, 5.74) is -1.26. The molecule has 0 aliphatic carbocycles. The standard InChI is InChI=1S/C21H32N4O8/c1-13(22)5-17(26)30-9-21(10-31-18(27)6-14(2)23,11-32-19(28)7-15(3)24)12-33-20(29)8-16(4)25/h22-25H,5-12H2,1-4H3. The zero-order valence-corrected chi connectivity index (χ0v) is 19.4. The fourth-order valence-corrected chi connectivity index (χ4v) is 2.25. The van der Waals surface area contributed by atoms with Gasteiger partial charge in [0.15, 0.2) is 0 Å². The second kappa shape index (κ2) is 14.6. The molecule has 12 nitrogen and oxygen atoms in total. The Morgan fingerprint density at radius 1 is 0.485 bits per heavy atom. The van der Waals surface area contributed by atoms with E-state index in [1.807, 2.05) is 0 Å². The van der Waals surface area contributed by atoms with Crippen LogP contribution in [0, 0.1) is 27.1 Å². The molecule has 0 amide bonds. The van der Waals surface area contributed by atoms with Crippen molar-refractivity contribution in [2.75, 3.05) is 26.4 Å². The Morgan fingerprint density at radius 2 is 0.667 bits per heavy atom. The largest absolute Gasteiger partial charge is 0.464 e. The SMILES string of the molecule is CC(=N)CC(=O)OCC(COC(=O)CC(C)=N)(COC(=O)CC(C)=N)COC(=O)CC(C)=N. The first-order valence-electron chi connectivity index (χ1n) is 10.0. The van der Waals surface area contributed by atoms with E-state index in [0.29, 0.717) is 0 Å². The first-order valence-corrected chi connectivity index (χ1v) is 10.0. The molecule has 0 aromatic rings. The van der Waals surface area contributed by atoms with Crippen molar-refractivity contribution in [3.05, 3.63) is 0 Å². The number of hydrogen-bond donors (Lipinski definition) is 4. The van der Waals surface area contributed by atoms with Crippen LogP contribution in [0.2, 0.25) is 0 Å². The Balaban J connectivity index is 5.68. The number of esters is 4. The highest BCUT2D eigenvalue weighted by molar-refractivity contribution is 5.97. The molecule has 0 rings (SSSR count). The van der Waals surface area contributed by atoms with Crippen molar-refractivity contribution in [2.24, 2.45) is 5.41 Å². The molecule has 0 aliphatic rings. The van der Waals surface area contributed by atoms with Crippen molar-refractivity contribution in [3.63, 3.8) is 0 Å². The highest BCUT2D eigenvalue weighted by Gasteiger charge is 2.38. The van der Waals surface area contributed by atoms with E-state index in [9.17, 15) is 19.2 Å². The van der Waals surface area contributed by atoms with Gasteiger partial charge in [-0.15, -0.1) is 0 Å². The third kappa shape index (κ3) is 15.1. The van der Waals surface area contributed by atoms with Gasteiger partial charge in [0.25, 0.3) is 0 Å². The Labute approximate surface area is 192 Å². The highest BCUT2D eigenvalue weighted by Crippen LogP contribution is 2.22. The van der Waals surface area contributed by atoms with Gasteiger partial charge in [0, 0.05) is 22.8 Å². The van der Waals surface area contributed by atoms with Crippen LogP contribution in [0.5, 0.6) is 0 Å². The van der Waals surface area contributed by atoms with E-state index in [-0.39, 0.29) is 48.5 Å². The van der Waals surface area contributed by atoms with Crippen LogP contribution in [-0.4, -0.2) is 73.2 Å². The van der Waals surface area contributed by atoms with Crippen LogP contribution >= 0.6 is 0 Å². The minimum atomic E-state index is -1.48. The molecule has 12 heteroatoms. The molecule has 4 N–H and O–H groups in total. The smallest absolute Gasteiger partial charge is 0.311 e. The van der Waals surface area contributed by atoms with Gasteiger partial charge in [0.1, 0.15) is 31.8 Å². The number of nitrogens with one attached hydrogen (secondary N) is 4. The van der Waals surface area contributed by atoms with Crippen molar-refractivity contribution >= 4 is 46.7 Å². The molecule has 0 heterocycles. The van der Waals surface area contributed by atoms with Crippen LogP contribution < -0.4 is 0 Å². The number of hydrogen-bond acceptors (Lipinski definition) is 12. The van der Waals surface area contributed by atoms with Crippen molar-refractivity contribution in [1.29, 1.82) is 21.6 Å². The molecule has 0 bridgehead atoms. The molecule has 0 aromatic heterocycles. The summed E-state index contributed by atoms with van der Waals surface area (Å²) in [5.74, 6) is -3.01. The van der Waals surface area contributed by atoms with Gasteiger partial charge in [-0.3, -0.25) is 19.2 Å². The lowest BCUT2D eigenvalue weighted by atomic mass is 9.92. The van der Waals surface area contributed by atoms with E-state index in [2.05, 4.69) is 0 Å². The maximum atomic E-state index is 12.0. The van der Waals surface area contributed by atoms with Gasteiger partial charge in [0.05, 0.1) is 25.7 Å². The molecular weight excluding hydrogens is 436 g/mol. The normalized spacial score (nSPS) is 12.0. The molecule has 0 saturated carbocycles. The van der Waals surface area contributed by atoms with E-state index >= 15 is 0 Å². The van der Waals surface area contributed by atoms with Crippen molar-refractivity contribution in [2.45, 2.75) is 53.4 Å². The molecule has 0 atom stereocenters. The second-order valence-electron chi connectivity index (χ2n) is 7.97. The van der Waals surface area contributed by atoms with E-state index in [4.69, 9.17) is 40.6 Å². The lowest BCUT2D eigenvalue weighted by Gasteiger charge is -2.31. The van der Waals surface area contributed by atoms with Gasteiger partial charge >= 0.3 is 23.9 Å². The summed E-state index contributed by atoms with van der Waals surface area (Å²) in [5, 5.41) is 29.6. The molecule has 0 aromatic carbocycles. The van der Waals surface area contributed by atoms with Crippen LogP contribution in [-0.2, 0) is 38.1 Å². The average Bonchev–Trinajstić information content (AvgIpc) is 2.64. The van der Waals surface area contributed by atoms with E-state index in [0.717, 1.165) is 0 Å². The Bertz CT molecular complexity index is 673. The third-order valence-electron chi connectivity index (χ3n) is 3.80. The van der Waals surface area contributed by atoms with Crippen LogP contribution in [0.15, 0.2) is 0 Å². The maximum absolute atomic E-state index is 12.0. The minimum absolute atomic E-state index is 0.0549. The van der Waals surface area contributed by atoms with Gasteiger partial charge in [0.2, 0.25) is 0 Å². The number of carbonyl (C=O) groups excluding carboxylic acids is 4. The fraction of sp³-hybridized carbons (Fsp3) is 0.619. The first-order chi connectivity index (χ1) is 15.2. The van der Waals surface area contributed by atoms with Gasteiger partial charge in [-0.05, 0) is 27.7 Å². The quantitative estimate of drug-likeness (QED) is 0.149. The molecule has 0 radical (unpaired) electrons. The van der Waals surface area contributed by atoms with Crippen LogP contribution in [0.4, 0.5) is 0 Å². The predicted octanol–water partition coefficient (Wildman–Crippen LogP) is 1.86. The zero-order chi connectivity index (χ0) is 25.6. The van der Waals surface area contributed by atoms with Crippen molar-refractivity contribution in [1.82, 2.24) is 0 Å². The third-order valence-corrected chi connectivity index (χ3v) is 3.80. The van der Waals surface area contributed by atoms with Gasteiger partial charge in [-0.2, -0.15) is 0 Å². The summed E-state index contributed by atoms with van der Waals surface area (Å²) in [6.07, 6.45) is -1.16. The summed E-state index contributed by atoms with van der Waals surface area (Å²) in [7, 11) is 0. The van der Waals surface area contributed by atoms with E-state index in [1.54, 1.807) is 0 Å². The molecule has 0 saturated heterocycles. The lowest BCUT2D eigenvalue weighted by Crippen LogP contribution is -2.44. The monoisotopic (exact) mass is 468 g/mol. The summed E-state index contributed by atoms with van der Waals surface area (Å²) in [6, 6.07) is 0. The summed E-state index contributed by atoms with van der Waals surface area (Å²) >= 11 is 0.